The number of rotatable bonds is 42. The van der Waals surface area contributed by atoms with Crippen LogP contribution in [-0.2, 0) is 4.79 Å². The lowest BCUT2D eigenvalue weighted by Gasteiger charge is -2.27. The molecule has 0 aliphatic heterocycles. The molecule has 0 aliphatic carbocycles. The van der Waals surface area contributed by atoms with Gasteiger partial charge in [0.25, 0.3) is 0 Å². The standard InChI is InChI=1S/C45H91NO5/c1-3-5-7-9-11-13-15-16-17-18-19-20-21-22-23-24-25-26-27-28-29-31-33-35-37-39-43(49)45(51)46-41(40-47)44(50)42(48)38-36-34-32-30-14-12-10-8-6-4-2/h41-44,47-50H,3-40H2,1-2H3,(H,46,51). The van der Waals surface area contributed by atoms with Gasteiger partial charge < -0.3 is 25.7 Å². The maximum absolute atomic E-state index is 12.5. The second-order valence-corrected chi connectivity index (χ2v) is 16.1. The highest BCUT2D eigenvalue weighted by Crippen LogP contribution is 2.17. The molecule has 51 heavy (non-hydrogen) atoms. The summed E-state index contributed by atoms with van der Waals surface area (Å²) in [5.74, 6) is -0.580. The van der Waals surface area contributed by atoms with Crippen molar-refractivity contribution in [1.82, 2.24) is 5.32 Å². The molecule has 4 atom stereocenters. The zero-order valence-corrected chi connectivity index (χ0v) is 34.4. The molecule has 0 aromatic carbocycles. The number of unbranched alkanes of at least 4 members (excludes halogenated alkanes) is 33. The minimum absolute atomic E-state index is 0.376. The highest BCUT2D eigenvalue weighted by atomic mass is 16.3. The number of carbonyl (C=O) groups is 1. The topological polar surface area (TPSA) is 110 Å². The molecular formula is C45H91NO5. The van der Waals surface area contributed by atoms with Gasteiger partial charge in [-0.3, -0.25) is 4.79 Å². The maximum atomic E-state index is 12.5. The van der Waals surface area contributed by atoms with Gasteiger partial charge in [-0.1, -0.05) is 239 Å². The lowest BCUT2D eigenvalue weighted by molar-refractivity contribution is -0.132. The summed E-state index contributed by atoms with van der Waals surface area (Å²) in [5, 5.41) is 43.6. The summed E-state index contributed by atoms with van der Waals surface area (Å²) in [7, 11) is 0. The summed E-state index contributed by atoms with van der Waals surface area (Å²) >= 11 is 0. The minimum atomic E-state index is -1.25. The van der Waals surface area contributed by atoms with Crippen molar-refractivity contribution in [3.63, 3.8) is 0 Å². The van der Waals surface area contributed by atoms with Gasteiger partial charge in [-0.05, 0) is 12.8 Å². The lowest BCUT2D eigenvalue weighted by atomic mass is 9.99. The molecule has 5 N–H and O–H groups in total. The second kappa shape index (κ2) is 40.5. The highest BCUT2D eigenvalue weighted by molar-refractivity contribution is 5.80. The molecule has 0 aromatic rings. The Morgan fingerprint density at radius 2 is 0.667 bits per heavy atom. The van der Waals surface area contributed by atoms with Gasteiger partial charge in [-0.2, -0.15) is 0 Å². The predicted octanol–water partition coefficient (Wildman–Crippen LogP) is 12.0. The van der Waals surface area contributed by atoms with Crippen LogP contribution < -0.4 is 5.32 Å². The van der Waals surface area contributed by atoms with E-state index in [4.69, 9.17) is 0 Å². The average molecular weight is 726 g/mol. The fourth-order valence-electron chi connectivity index (χ4n) is 7.41. The molecule has 1 amide bonds. The van der Waals surface area contributed by atoms with Crippen molar-refractivity contribution in [3.05, 3.63) is 0 Å². The van der Waals surface area contributed by atoms with Gasteiger partial charge in [0.1, 0.15) is 12.2 Å². The van der Waals surface area contributed by atoms with Crippen LogP contribution in [0.3, 0.4) is 0 Å². The van der Waals surface area contributed by atoms with Crippen molar-refractivity contribution in [1.29, 1.82) is 0 Å². The van der Waals surface area contributed by atoms with E-state index in [2.05, 4.69) is 19.2 Å². The van der Waals surface area contributed by atoms with Gasteiger partial charge in [-0.25, -0.2) is 0 Å². The van der Waals surface area contributed by atoms with Gasteiger partial charge in [0.2, 0.25) is 5.91 Å². The van der Waals surface area contributed by atoms with Crippen molar-refractivity contribution in [2.24, 2.45) is 0 Å². The van der Waals surface area contributed by atoms with Gasteiger partial charge >= 0.3 is 0 Å². The van der Waals surface area contributed by atoms with E-state index < -0.39 is 36.9 Å². The molecule has 0 spiro atoms. The second-order valence-electron chi connectivity index (χ2n) is 16.1. The normalized spacial score (nSPS) is 14.1. The van der Waals surface area contributed by atoms with E-state index in [0.29, 0.717) is 12.8 Å². The van der Waals surface area contributed by atoms with Gasteiger partial charge in [0.15, 0.2) is 0 Å². The van der Waals surface area contributed by atoms with E-state index in [1.54, 1.807) is 0 Å². The first-order chi connectivity index (χ1) is 25.0. The fraction of sp³-hybridized carbons (Fsp3) is 0.978. The van der Waals surface area contributed by atoms with Crippen LogP contribution in [0.15, 0.2) is 0 Å². The van der Waals surface area contributed by atoms with Crippen LogP contribution in [-0.4, -0.2) is 57.3 Å². The Morgan fingerprint density at radius 3 is 0.941 bits per heavy atom. The first kappa shape index (κ1) is 50.3. The predicted molar refractivity (Wildman–Crippen MR) is 219 cm³/mol. The third-order valence-electron chi connectivity index (χ3n) is 11.1. The molecule has 0 radical (unpaired) electrons. The SMILES string of the molecule is CCCCCCCCCCCCCCCCCCCCCCCCCCCC(O)C(=O)NC(CO)C(O)C(O)CCCCCCCCCCCC. The summed E-state index contributed by atoms with van der Waals surface area (Å²) in [6.45, 7) is 4.05. The molecule has 0 fully saturated rings. The summed E-state index contributed by atoms with van der Waals surface area (Å²) < 4.78 is 0. The quantitative estimate of drug-likeness (QED) is 0.0402. The van der Waals surface area contributed by atoms with Crippen molar-refractivity contribution < 1.29 is 25.2 Å². The van der Waals surface area contributed by atoms with E-state index in [-0.39, 0.29) is 0 Å². The van der Waals surface area contributed by atoms with E-state index in [1.165, 1.54) is 186 Å². The Balaban J connectivity index is 3.58. The zero-order valence-electron chi connectivity index (χ0n) is 34.4. The molecule has 4 unspecified atom stereocenters. The summed E-state index contributed by atoms with van der Waals surface area (Å²) in [6.07, 6.45) is 43.0. The first-order valence-electron chi connectivity index (χ1n) is 22.9. The number of carbonyl (C=O) groups excluding carboxylic acids is 1. The fourth-order valence-corrected chi connectivity index (χ4v) is 7.41. The molecular weight excluding hydrogens is 634 g/mol. The third-order valence-corrected chi connectivity index (χ3v) is 11.1. The minimum Gasteiger partial charge on any atom is -0.394 e. The highest BCUT2D eigenvalue weighted by Gasteiger charge is 2.28. The van der Waals surface area contributed by atoms with Gasteiger partial charge in [0.05, 0.1) is 18.8 Å². The van der Waals surface area contributed by atoms with Crippen molar-refractivity contribution in [3.8, 4) is 0 Å². The van der Waals surface area contributed by atoms with Crippen LogP contribution in [0.4, 0.5) is 0 Å². The summed E-state index contributed by atoms with van der Waals surface area (Å²) in [5.41, 5.74) is 0. The first-order valence-corrected chi connectivity index (χ1v) is 22.9. The van der Waals surface area contributed by atoms with E-state index >= 15 is 0 Å². The van der Waals surface area contributed by atoms with Crippen molar-refractivity contribution >= 4 is 5.91 Å². The number of hydrogen-bond donors (Lipinski definition) is 5. The molecule has 6 nitrogen and oxygen atoms in total. The molecule has 0 saturated heterocycles. The van der Waals surface area contributed by atoms with Crippen LogP contribution in [0.5, 0.6) is 0 Å². The van der Waals surface area contributed by atoms with E-state index in [9.17, 15) is 25.2 Å². The Bertz CT molecular complexity index is 692. The Hall–Kier alpha value is -0.690. The number of aliphatic hydroxyl groups is 4. The number of hydrogen-bond acceptors (Lipinski definition) is 5. The number of nitrogens with one attached hydrogen (secondary N) is 1. The molecule has 0 bridgehead atoms. The Labute approximate surface area is 318 Å². The van der Waals surface area contributed by atoms with Crippen LogP contribution in [0, 0.1) is 0 Å². The van der Waals surface area contributed by atoms with Crippen molar-refractivity contribution in [2.75, 3.05) is 6.61 Å². The average Bonchev–Trinajstić information content (AvgIpc) is 3.13. The van der Waals surface area contributed by atoms with E-state index in [0.717, 1.165) is 38.5 Å². The number of amides is 1. The molecule has 6 heteroatoms. The van der Waals surface area contributed by atoms with Gasteiger partial charge in [0, 0.05) is 0 Å². The number of aliphatic hydroxyl groups excluding tert-OH is 4. The van der Waals surface area contributed by atoms with Crippen LogP contribution in [0.25, 0.3) is 0 Å². The van der Waals surface area contributed by atoms with Crippen molar-refractivity contribution in [2.45, 2.75) is 276 Å². The maximum Gasteiger partial charge on any atom is 0.249 e. The Kier molecular flexibility index (Phi) is 39.9. The molecule has 0 heterocycles. The smallest absolute Gasteiger partial charge is 0.249 e. The third kappa shape index (κ3) is 34.8. The van der Waals surface area contributed by atoms with Crippen LogP contribution in [0.2, 0.25) is 0 Å². The Morgan fingerprint density at radius 1 is 0.412 bits per heavy atom. The molecule has 0 saturated carbocycles. The largest absolute Gasteiger partial charge is 0.394 e. The van der Waals surface area contributed by atoms with Crippen LogP contribution in [0.1, 0.15) is 251 Å². The molecule has 0 rings (SSSR count). The molecule has 306 valence electrons. The lowest BCUT2D eigenvalue weighted by Crippen LogP contribution is -2.53. The zero-order chi connectivity index (χ0) is 37.5. The molecule has 0 aromatic heterocycles. The van der Waals surface area contributed by atoms with E-state index in [1.807, 2.05) is 0 Å². The summed E-state index contributed by atoms with van der Waals surface area (Å²) in [4.78, 5) is 12.5. The van der Waals surface area contributed by atoms with Gasteiger partial charge in [-0.15, -0.1) is 0 Å². The molecule has 0 aliphatic rings. The van der Waals surface area contributed by atoms with Crippen LogP contribution >= 0.6 is 0 Å². The summed E-state index contributed by atoms with van der Waals surface area (Å²) in [6, 6.07) is -0.977. The monoisotopic (exact) mass is 726 g/mol.